The Morgan fingerprint density at radius 2 is 2.06 bits per heavy atom. The number of nitrogens with one attached hydrogen (secondary N) is 1. The van der Waals surface area contributed by atoms with E-state index in [-0.39, 0.29) is 5.54 Å². The van der Waals surface area contributed by atoms with E-state index in [1.165, 1.54) is 29.3 Å². The monoisotopic (exact) mass is 309 g/mol. The third-order valence-corrected chi connectivity index (χ3v) is 4.34. The number of halogens is 1. The summed E-state index contributed by atoms with van der Waals surface area (Å²) in [7, 11) is 0. The minimum Gasteiger partial charge on any atom is -0.311 e. The molecule has 1 unspecified atom stereocenters. The molecule has 0 radical (unpaired) electrons. The molecule has 1 N–H and O–H groups in total. The van der Waals surface area contributed by atoms with Crippen LogP contribution in [0.1, 0.15) is 51.5 Å². The highest BCUT2D eigenvalue weighted by atomic mass is 79.9. The molecule has 1 fully saturated rings. The maximum absolute atomic E-state index is 3.67. The van der Waals surface area contributed by atoms with Crippen LogP contribution in [-0.2, 0) is 0 Å². The van der Waals surface area contributed by atoms with E-state index in [1.54, 1.807) is 0 Å². The van der Waals surface area contributed by atoms with Gasteiger partial charge in [-0.1, -0.05) is 34.5 Å². The third kappa shape index (κ3) is 3.83. The van der Waals surface area contributed by atoms with Crippen LogP contribution >= 0.6 is 15.9 Å². The van der Waals surface area contributed by atoms with Gasteiger partial charge in [0.25, 0.3) is 0 Å². The van der Waals surface area contributed by atoms with E-state index >= 15 is 0 Å². The van der Waals surface area contributed by atoms with E-state index in [2.05, 4.69) is 66.3 Å². The summed E-state index contributed by atoms with van der Waals surface area (Å²) < 4.78 is 1.19. The van der Waals surface area contributed by atoms with Gasteiger partial charge in [0.2, 0.25) is 0 Å². The Morgan fingerprint density at radius 3 is 2.56 bits per heavy atom. The molecule has 0 saturated heterocycles. The molecule has 1 nitrogen and oxygen atoms in total. The lowest BCUT2D eigenvalue weighted by Gasteiger charge is -2.36. The first-order chi connectivity index (χ1) is 8.46. The quantitative estimate of drug-likeness (QED) is 0.848. The first-order valence-electron chi connectivity index (χ1n) is 6.96. The fourth-order valence-electron chi connectivity index (χ4n) is 2.55. The Kier molecular flexibility index (Phi) is 4.50. The zero-order chi connectivity index (χ0) is 13.2. The molecule has 1 aliphatic rings. The highest BCUT2D eigenvalue weighted by Gasteiger charge is 2.29. The van der Waals surface area contributed by atoms with E-state index in [1.807, 2.05) is 0 Å². The first kappa shape index (κ1) is 14.1. The van der Waals surface area contributed by atoms with Crippen LogP contribution < -0.4 is 5.32 Å². The van der Waals surface area contributed by atoms with Crippen molar-refractivity contribution in [2.24, 2.45) is 5.92 Å². The van der Waals surface area contributed by atoms with Crippen LogP contribution in [0.5, 0.6) is 0 Å². The van der Waals surface area contributed by atoms with Crippen molar-refractivity contribution in [2.75, 3.05) is 6.54 Å². The second-order valence-electron chi connectivity index (χ2n) is 6.48. The summed E-state index contributed by atoms with van der Waals surface area (Å²) in [6.45, 7) is 7.81. The molecule has 2 rings (SSSR count). The second kappa shape index (κ2) is 5.75. The molecule has 2 heteroatoms. The van der Waals surface area contributed by atoms with Gasteiger partial charge in [-0.05, 0) is 63.1 Å². The minimum atomic E-state index is 0.202. The molecule has 0 aliphatic heterocycles. The average molecular weight is 310 g/mol. The average Bonchev–Trinajstić information content (AvgIpc) is 2.20. The molecule has 0 bridgehead atoms. The molecule has 1 aliphatic carbocycles. The Bertz CT molecular complexity index is 390. The molecule has 0 aromatic heterocycles. The molecular weight excluding hydrogens is 286 g/mol. The van der Waals surface area contributed by atoms with Crippen molar-refractivity contribution >= 4 is 15.9 Å². The third-order valence-electron chi connectivity index (χ3n) is 3.85. The molecule has 0 spiro atoms. The zero-order valence-corrected chi connectivity index (χ0v) is 13.3. The molecule has 0 heterocycles. The maximum atomic E-state index is 3.67. The van der Waals surface area contributed by atoms with Crippen molar-refractivity contribution < 1.29 is 0 Å². The lowest BCUT2D eigenvalue weighted by Crippen LogP contribution is -2.41. The molecule has 0 amide bonds. The summed E-state index contributed by atoms with van der Waals surface area (Å²) in [6.07, 6.45) is 4.19. The van der Waals surface area contributed by atoms with Crippen LogP contribution in [0.3, 0.4) is 0 Å². The van der Waals surface area contributed by atoms with Crippen LogP contribution in [0.2, 0.25) is 0 Å². The molecule has 1 aromatic rings. The van der Waals surface area contributed by atoms with Crippen LogP contribution in [0.4, 0.5) is 0 Å². The maximum Gasteiger partial charge on any atom is 0.0178 e. The summed E-state index contributed by atoms with van der Waals surface area (Å²) in [5, 5.41) is 3.67. The highest BCUT2D eigenvalue weighted by Crippen LogP contribution is 2.39. The van der Waals surface area contributed by atoms with Gasteiger partial charge >= 0.3 is 0 Å². The van der Waals surface area contributed by atoms with Gasteiger partial charge in [-0.2, -0.15) is 0 Å². The summed E-state index contributed by atoms with van der Waals surface area (Å²) in [5.41, 5.74) is 1.68. The van der Waals surface area contributed by atoms with E-state index in [0.717, 1.165) is 12.5 Å². The molecular formula is C16H24BrN. The van der Waals surface area contributed by atoms with Crippen LogP contribution in [0.25, 0.3) is 0 Å². The fourth-order valence-corrected chi connectivity index (χ4v) is 2.97. The van der Waals surface area contributed by atoms with Crippen molar-refractivity contribution in [3.8, 4) is 0 Å². The lowest BCUT2D eigenvalue weighted by atomic mass is 9.73. The minimum absolute atomic E-state index is 0.202. The number of hydrogen-bond acceptors (Lipinski definition) is 1. The van der Waals surface area contributed by atoms with Gasteiger partial charge in [-0.15, -0.1) is 0 Å². The highest BCUT2D eigenvalue weighted by molar-refractivity contribution is 9.10. The molecule has 18 heavy (non-hydrogen) atoms. The van der Waals surface area contributed by atoms with Gasteiger partial charge < -0.3 is 5.32 Å². The van der Waals surface area contributed by atoms with Gasteiger partial charge in [0.15, 0.2) is 0 Å². The number of rotatable bonds is 4. The number of hydrogen-bond donors (Lipinski definition) is 1. The van der Waals surface area contributed by atoms with Crippen LogP contribution in [0, 0.1) is 5.92 Å². The Morgan fingerprint density at radius 1 is 1.33 bits per heavy atom. The van der Waals surface area contributed by atoms with E-state index in [9.17, 15) is 0 Å². The van der Waals surface area contributed by atoms with E-state index in [4.69, 9.17) is 0 Å². The zero-order valence-electron chi connectivity index (χ0n) is 11.7. The normalized spacial score (nSPS) is 18.4. The van der Waals surface area contributed by atoms with E-state index < -0.39 is 0 Å². The van der Waals surface area contributed by atoms with Gasteiger partial charge in [0.05, 0.1) is 0 Å². The molecule has 1 aromatic carbocycles. The predicted molar refractivity (Wildman–Crippen MR) is 82.0 cm³/mol. The first-order valence-corrected chi connectivity index (χ1v) is 7.75. The Hall–Kier alpha value is -0.340. The number of benzene rings is 1. The van der Waals surface area contributed by atoms with Crippen molar-refractivity contribution in [2.45, 2.75) is 51.5 Å². The summed E-state index contributed by atoms with van der Waals surface area (Å²) >= 11 is 3.59. The molecule has 1 saturated carbocycles. The smallest absolute Gasteiger partial charge is 0.0178 e. The van der Waals surface area contributed by atoms with Crippen molar-refractivity contribution in [1.29, 1.82) is 0 Å². The van der Waals surface area contributed by atoms with Gasteiger partial charge in [0, 0.05) is 16.6 Å². The largest absolute Gasteiger partial charge is 0.311 e. The Balaban J connectivity index is 2.09. The van der Waals surface area contributed by atoms with Crippen LogP contribution in [0.15, 0.2) is 28.7 Å². The van der Waals surface area contributed by atoms with Crippen LogP contribution in [-0.4, -0.2) is 12.1 Å². The van der Waals surface area contributed by atoms with Crippen molar-refractivity contribution in [3.05, 3.63) is 34.3 Å². The lowest BCUT2D eigenvalue weighted by molar-refractivity contribution is 0.242. The van der Waals surface area contributed by atoms with Crippen molar-refractivity contribution in [3.63, 3.8) is 0 Å². The van der Waals surface area contributed by atoms with Gasteiger partial charge in [0.1, 0.15) is 0 Å². The summed E-state index contributed by atoms with van der Waals surface area (Å²) in [4.78, 5) is 0. The van der Waals surface area contributed by atoms with Crippen molar-refractivity contribution in [1.82, 2.24) is 5.32 Å². The van der Waals surface area contributed by atoms with Gasteiger partial charge in [-0.25, -0.2) is 0 Å². The Labute approximate surface area is 119 Å². The summed E-state index contributed by atoms with van der Waals surface area (Å²) in [5.74, 6) is 1.53. The topological polar surface area (TPSA) is 12.0 Å². The standard InChI is InChI=1S/C16H24BrN/c1-16(2,3)18-11-15(12-6-4-7-12)13-8-5-9-14(17)10-13/h5,8-10,12,15,18H,4,6-7,11H2,1-3H3. The SMILES string of the molecule is CC(C)(C)NCC(c1cccc(Br)c1)C1CCC1. The second-order valence-corrected chi connectivity index (χ2v) is 7.40. The summed E-state index contributed by atoms with van der Waals surface area (Å²) in [6, 6.07) is 8.83. The molecule has 1 atom stereocenters. The van der Waals surface area contributed by atoms with Gasteiger partial charge in [-0.3, -0.25) is 0 Å². The van der Waals surface area contributed by atoms with E-state index in [0.29, 0.717) is 5.92 Å². The fraction of sp³-hybridized carbons (Fsp3) is 0.625. The molecule has 100 valence electrons. The predicted octanol–water partition coefficient (Wildman–Crippen LogP) is 4.72.